The Kier molecular flexibility index (Phi) is 44.8. The number of ether oxygens (including phenoxy) is 6. The summed E-state index contributed by atoms with van der Waals surface area (Å²) < 4.78 is 201. The van der Waals surface area contributed by atoms with E-state index in [1.807, 2.05) is 84.9 Å². The molecule has 0 unspecified atom stereocenters. The molecular formula is C75H102Cl2F11NO12S. The minimum Gasteiger partial charge on any atom is -0.491 e. The van der Waals surface area contributed by atoms with Crippen LogP contribution in [0.5, 0.6) is 40.2 Å². The predicted octanol–water partition coefficient (Wildman–Crippen LogP) is 22.4. The number of hydrogen-bond acceptors (Lipinski definition) is 12. The summed E-state index contributed by atoms with van der Waals surface area (Å²) in [5.41, 5.74) is 2.80. The highest BCUT2D eigenvalue weighted by Gasteiger charge is 2.32. The van der Waals surface area contributed by atoms with Gasteiger partial charge in [0.2, 0.25) is 46.5 Å². The SMILES string of the molecule is CC(C)C.CC(C)C.CC(C)ON1C(=O)CCC1=O.CC(C)Oc1c(F)c(F)c(OS(C)(=O)=O)c(F)c1F.Cc1c(F)c(F)c(OC(C)C)c(F)c1F.Cc1cc(Cl)c(OC(C)C)cc1Cl.Cc1cc(F)c(F)c(OC(C)C)c1F.Cc1ccc(OC(C)C)cc1.Cc1cccc(OC(C)C)c1. The highest BCUT2D eigenvalue weighted by molar-refractivity contribution is 7.86. The summed E-state index contributed by atoms with van der Waals surface area (Å²) in [6.07, 6.45) is -0.177. The summed E-state index contributed by atoms with van der Waals surface area (Å²) >= 11 is 11.9. The molecule has 0 spiro atoms. The second-order valence-electron chi connectivity index (χ2n) is 25.9. The molecule has 0 radical (unpaired) electrons. The van der Waals surface area contributed by atoms with Crippen molar-refractivity contribution in [1.82, 2.24) is 5.06 Å². The molecule has 1 heterocycles. The van der Waals surface area contributed by atoms with Gasteiger partial charge in [0, 0.05) is 29.5 Å². The van der Waals surface area contributed by atoms with Gasteiger partial charge in [-0.1, -0.05) is 94.6 Å². The third kappa shape index (κ3) is 38.3. The van der Waals surface area contributed by atoms with E-state index < -0.39 is 121 Å². The quantitative estimate of drug-likeness (QED) is 0.0393. The Morgan fingerprint density at radius 1 is 0.382 bits per heavy atom. The van der Waals surface area contributed by atoms with E-state index >= 15 is 0 Å². The molecule has 13 nitrogen and oxygen atoms in total. The van der Waals surface area contributed by atoms with Gasteiger partial charge >= 0.3 is 10.1 Å². The van der Waals surface area contributed by atoms with Crippen molar-refractivity contribution in [3.8, 4) is 40.2 Å². The molecule has 0 saturated carbocycles. The van der Waals surface area contributed by atoms with Crippen molar-refractivity contribution in [2.75, 3.05) is 6.26 Å². The molecule has 1 aliphatic heterocycles. The van der Waals surface area contributed by atoms with Crippen LogP contribution in [-0.2, 0) is 24.5 Å². The van der Waals surface area contributed by atoms with Crippen LogP contribution in [0.15, 0.2) is 66.7 Å². The summed E-state index contributed by atoms with van der Waals surface area (Å²) in [5, 5.41) is 2.15. The van der Waals surface area contributed by atoms with E-state index in [0.717, 1.165) is 47.0 Å². The van der Waals surface area contributed by atoms with Gasteiger partial charge in [0.05, 0.1) is 54.0 Å². The van der Waals surface area contributed by atoms with Crippen molar-refractivity contribution in [1.29, 1.82) is 0 Å². The lowest BCUT2D eigenvalue weighted by Gasteiger charge is -2.15. The minimum absolute atomic E-state index is 0.0274. The molecule has 0 bridgehead atoms. The van der Waals surface area contributed by atoms with Crippen LogP contribution in [0.4, 0.5) is 48.3 Å². The van der Waals surface area contributed by atoms with Crippen molar-refractivity contribution >= 4 is 45.1 Å². The molecule has 0 N–H and O–H groups in total. The summed E-state index contributed by atoms with van der Waals surface area (Å²) in [7, 11) is -4.35. The zero-order chi connectivity index (χ0) is 79.7. The molecule has 576 valence electrons. The van der Waals surface area contributed by atoms with E-state index in [4.69, 9.17) is 47.0 Å². The van der Waals surface area contributed by atoms with Gasteiger partial charge in [0.15, 0.2) is 40.5 Å². The Labute approximate surface area is 606 Å². The van der Waals surface area contributed by atoms with Crippen molar-refractivity contribution < 1.29 is 104 Å². The van der Waals surface area contributed by atoms with Gasteiger partial charge in [-0.25, -0.2) is 17.6 Å². The van der Waals surface area contributed by atoms with Crippen LogP contribution in [-0.4, -0.2) is 74.3 Å². The normalized spacial score (nSPS) is 11.5. The number of benzene rings is 6. The fourth-order valence-corrected chi connectivity index (χ4v) is 7.83. The average Bonchev–Trinajstić information content (AvgIpc) is 0.955. The Morgan fingerprint density at radius 2 is 0.745 bits per heavy atom. The van der Waals surface area contributed by atoms with Crippen LogP contribution in [0, 0.1) is 110 Å². The smallest absolute Gasteiger partial charge is 0.306 e. The second-order valence-corrected chi connectivity index (χ2v) is 28.3. The molecule has 6 aromatic rings. The Morgan fingerprint density at radius 3 is 1.11 bits per heavy atom. The van der Waals surface area contributed by atoms with Crippen molar-refractivity contribution in [3.63, 3.8) is 0 Å². The molecular weight excluding hydrogens is 1420 g/mol. The first-order chi connectivity index (χ1) is 46.8. The second kappa shape index (κ2) is 47.2. The third-order valence-electron chi connectivity index (χ3n) is 10.9. The molecule has 1 saturated heterocycles. The van der Waals surface area contributed by atoms with Crippen LogP contribution in [0.3, 0.4) is 0 Å². The molecule has 2 amide bonds. The minimum atomic E-state index is -4.35. The standard InChI is InChI=1S/C10H12Cl2O.C10H10F4O4S.C10H10F4O.C10H11F3O.2C10H14O.C7H11NO3.2C4H10/c1-6(2)13-10-5-8(11)7(3)4-9(10)12;1-4(2)17-9-5(11)7(13)10(8(14)6(9)12)18-19(3,15)16;1-4(2)15-10-8(13)6(11)5(3)7(12)9(10)14;1-5(2)14-10-8(12)6(3)4-7(11)9(10)13;1-8(2)11-10-6-4-9(3)5-7-10;1-8(2)11-10-6-4-5-9(3)7-10;1-5(2)11-8-6(9)3-4-7(8)10;2*1-4(2)3/h4-6H,1-3H3;4H,1-3H3;4H,1-3H3;4-5H,1-3H3;2*4-8H,1-3H3;5H,3-4H2,1-2H3;2*4H,1-3H3. The third-order valence-corrected chi connectivity index (χ3v) is 12.0. The number of nitrogens with zero attached hydrogens (tertiary/aromatic N) is 1. The highest BCUT2D eigenvalue weighted by Crippen LogP contribution is 2.37. The molecule has 27 heteroatoms. The molecule has 1 aliphatic rings. The zero-order valence-electron chi connectivity index (χ0n) is 63.1. The number of carbonyl (C=O) groups excluding carboxylic acids is 2. The van der Waals surface area contributed by atoms with Gasteiger partial charge in [-0.15, -0.1) is 0 Å². The first-order valence-electron chi connectivity index (χ1n) is 32.6. The maximum atomic E-state index is 13.5. The van der Waals surface area contributed by atoms with E-state index in [9.17, 15) is 66.3 Å². The van der Waals surface area contributed by atoms with Gasteiger partial charge < -0.3 is 32.6 Å². The number of rotatable bonds is 16. The van der Waals surface area contributed by atoms with Gasteiger partial charge in [-0.3, -0.25) is 14.4 Å². The lowest BCUT2D eigenvalue weighted by atomic mass is 10.2. The first kappa shape index (κ1) is 96.8. The predicted molar refractivity (Wildman–Crippen MR) is 380 cm³/mol. The number of carbonyl (C=O) groups is 2. The maximum Gasteiger partial charge on any atom is 0.306 e. The average molecular weight is 1520 g/mol. The fourth-order valence-electron chi connectivity index (χ4n) is 6.96. The number of hydroxylamine groups is 2. The van der Waals surface area contributed by atoms with Crippen molar-refractivity contribution in [2.45, 2.75) is 229 Å². The summed E-state index contributed by atoms with van der Waals surface area (Å²) in [4.78, 5) is 26.8. The van der Waals surface area contributed by atoms with Crippen molar-refractivity contribution in [3.05, 3.63) is 169 Å². The van der Waals surface area contributed by atoms with Gasteiger partial charge in [-0.05, 0) is 196 Å². The summed E-state index contributed by atoms with van der Waals surface area (Å²) in [5.74, 6) is -17.6. The molecule has 7 rings (SSSR count). The van der Waals surface area contributed by atoms with Crippen LogP contribution < -0.4 is 32.6 Å². The van der Waals surface area contributed by atoms with Gasteiger partial charge in [0.25, 0.3) is 11.8 Å². The van der Waals surface area contributed by atoms with Gasteiger partial charge in [0.1, 0.15) is 17.2 Å². The number of aryl methyl sites for hydroxylation is 4. The first-order valence-corrected chi connectivity index (χ1v) is 35.2. The largest absolute Gasteiger partial charge is 0.491 e. The summed E-state index contributed by atoms with van der Waals surface area (Å²) in [6, 6.07) is 20.5. The molecule has 0 aromatic heterocycles. The lowest BCUT2D eigenvalue weighted by Crippen LogP contribution is -2.31. The Balaban J connectivity index is 0. The molecule has 1 fully saturated rings. The molecule has 0 atom stereocenters. The van der Waals surface area contributed by atoms with Crippen LogP contribution in [0.1, 0.15) is 179 Å². The monoisotopic (exact) mass is 1520 g/mol. The van der Waals surface area contributed by atoms with E-state index in [1.165, 1.54) is 45.7 Å². The zero-order valence-corrected chi connectivity index (χ0v) is 65.5. The summed E-state index contributed by atoms with van der Waals surface area (Å²) in [6.45, 7) is 45.9. The Bertz CT molecular complexity index is 3560. The fraction of sp³-hybridized carbons (Fsp3) is 0.493. The van der Waals surface area contributed by atoms with E-state index in [0.29, 0.717) is 22.1 Å². The van der Waals surface area contributed by atoms with Gasteiger partial charge in [-0.2, -0.15) is 44.2 Å². The van der Waals surface area contributed by atoms with Crippen LogP contribution >= 0.6 is 23.2 Å². The van der Waals surface area contributed by atoms with Crippen molar-refractivity contribution in [2.24, 2.45) is 11.8 Å². The van der Waals surface area contributed by atoms with E-state index in [-0.39, 0.29) is 54.6 Å². The molecule has 0 aliphatic carbocycles. The molecule has 6 aromatic carbocycles. The topological polar surface area (TPSA) is 145 Å². The van der Waals surface area contributed by atoms with E-state index in [2.05, 4.69) is 87.2 Å². The van der Waals surface area contributed by atoms with Crippen LogP contribution in [0.25, 0.3) is 0 Å². The maximum absolute atomic E-state index is 13.5. The number of halogens is 13. The number of imide groups is 1. The van der Waals surface area contributed by atoms with E-state index in [1.54, 1.807) is 33.8 Å². The Hall–Kier alpha value is -7.22. The number of amides is 2. The lowest BCUT2D eigenvalue weighted by molar-refractivity contribution is -0.198. The number of hydrogen-bond donors (Lipinski definition) is 0. The molecule has 102 heavy (non-hydrogen) atoms. The van der Waals surface area contributed by atoms with Crippen LogP contribution in [0.2, 0.25) is 10.0 Å². The highest BCUT2D eigenvalue weighted by atomic mass is 35.5.